The Labute approximate surface area is 132 Å². The first-order valence-electron chi connectivity index (χ1n) is 6.02. The standard InChI is InChI=1S/C15H11Cl2N3O/c16-11-5-6-13(12(17)9-11)20-15(21)14-10(3-1-7-18)4-2-8-19-14/h2,4-6,8-9H,7,18H2,(H,20,21). The van der Waals surface area contributed by atoms with Gasteiger partial charge in [-0.2, -0.15) is 0 Å². The van der Waals surface area contributed by atoms with E-state index in [0.717, 1.165) is 0 Å². The summed E-state index contributed by atoms with van der Waals surface area (Å²) in [7, 11) is 0. The number of carbonyl (C=O) groups excluding carboxylic acids is 1. The fourth-order valence-electron chi connectivity index (χ4n) is 1.61. The predicted molar refractivity (Wildman–Crippen MR) is 84.6 cm³/mol. The number of aromatic nitrogens is 1. The molecule has 0 aliphatic carbocycles. The molecule has 0 bridgehead atoms. The van der Waals surface area contributed by atoms with E-state index in [1.165, 1.54) is 6.20 Å². The van der Waals surface area contributed by atoms with Crippen LogP contribution in [0.2, 0.25) is 10.0 Å². The lowest BCUT2D eigenvalue weighted by Crippen LogP contribution is -2.15. The lowest BCUT2D eigenvalue weighted by Gasteiger charge is -2.08. The zero-order valence-corrected chi connectivity index (χ0v) is 12.4. The van der Waals surface area contributed by atoms with Crippen molar-refractivity contribution in [2.45, 2.75) is 0 Å². The number of nitrogens with zero attached hydrogens (tertiary/aromatic N) is 1. The second-order valence-corrected chi connectivity index (χ2v) is 4.83. The molecule has 2 aromatic rings. The van der Waals surface area contributed by atoms with Crippen molar-refractivity contribution in [2.75, 3.05) is 11.9 Å². The Morgan fingerprint density at radius 2 is 2.14 bits per heavy atom. The largest absolute Gasteiger partial charge is 0.320 e. The Hall–Kier alpha value is -2.06. The van der Waals surface area contributed by atoms with Gasteiger partial charge in [-0.15, -0.1) is 0 Å². The van der Waals surface area contributed by atoms with Gasteiger partial charge in [-0.05, 0) is 30.3 Å². The number of anilines is 1. The molecule has 0 unspecified atom stereocenters. The molecule has 106 valence electrons. The number of pyridine rings is 1. The quantitative estimate of drug-likeness (QED) is 0.836. The van der Waals surface area contributed by atoms with Gasteiger partial charge in [-0.25, -0.2) is 4.98 Å². The molecule has 6 heteroatoms. The Morgan fingerprint density at radius 1 is 1.33 bits per heavy atom. The second kappa shape index (κ2) is 7.09. The predicted octanol–water partition coefficient (Wildman–Crippen LogP) is 2.95. The molecule has 0 fully saturated rings. The summed E-state index contributed by atoms with van der Waals surface area (Å²) in [5.41, 5.74) is 6.51. The van der Waals surface area contributed by atoms with E-state index in [-0.39, 0.29) is 12.2 Å². The molecule has 3 N–H and O–H groups in total. The van der Waals surface area contributed by atoms with Crippen LogP contribution in [0.15, 0.2) is 36.5 Å². The van der Waals surface area contributed by atoms with Crippen LogP contribution < -0.4 is 11.1 Å². The molecule has 0 radical (unpaired) electrons. The summed E-state index contributed by atoms with van der Waals surface area (Å²) < 4.78 is 0. The second-order valence-electron chi connectivity index (χ2n) is 3.98. The first-order chi connectivity index (χ1) is 10.1. The number of carbonyl (C=O) groups is 1. The van der Waals surface area contributed by atoms with Gasteiger partial charge >= 0.3 is 0 Å². The van der Waals surface area contributed by atoms with Crippen molar-refractivity contribution in [3.05, 3.63) is 57.8 Å². The van der Waals surface area contributed by atoms with Gasteiger partial charge in [0.15, 0.2) is 0 Å². The number of hydrogen-bond donors (Lipinski definition) is 2. The smallest absolute Gasteiger partial charge is 0.275 e. The SMILES string of the molecule is NCC#Cc1cccnc1C(=O)Nc1ccc(Cl)cc1Cl. The van der Waals surface area contributed by atoms with Crippen molar-refractivity contribution in [1.82, 2.24) is 4.98 Å². The minimum Gasteiger partial charge on any atom is -0.320 e. The average Bonchev–Trinajstić information content (AvgIpc) is 2.48. The molecular formula is C15H11Cl2N3O. The molecule has 4 nitrogen and oxygen atoms in total. The first kappa shape index (κ1) is 15.3. The normalized spacial score (nSPS) is 9.67. The first-order valence-corrected chi connectivity index (χ1v) is 6.78. The number of benzene rings is 1. The number of rotatable bonds is 2. The number of halogens is 2. The summed E-state index contributed by atoms with van der Waals surface area (Å²) in [6, 6.07) is 8.21. The highest BCUT2D eigenvalue weighted by Gasteiger charge is 2.13. The Balaban J connectivity index is 2.28. The van der Waals surface area contributed by atoms with Gasteiger partial charge in [-0.3, -0.25) is 4.79 Å². The zero-order chi connectivity index (χ0) is 15.2. The maximum absolute atomic E-state index is 12.3. The molecule has 1 amide bonds. The van der Waals surface area contributed by atoms with Crippen LogP contribution in [-0.2, 0) is 0 Å². The van der Waals surface area contributed by atoms with Crippen LogP contribution in [0.1, 0.15) is 16.1 Å². The summed E-state index contributed by atoms with van der Waals surface area (Å²) in [5, 5.41) is 3.52. The highest BCUT2D eigenvalue weighted by Crippen LogP contribution is 2.25. The minimum absolute atomic E-state index is 0.207. The van der Waals surface area contributed by atoms with Gasteiger partial charge in [-0.1, -0.05) is 35.0 Å². The van der Waals surface area contributed by atoms with E-state index in [4.69, 9.17) is 28.9 Å². The summed E-state index contributed by atoms with van der Waals surface area (Å²) in [4.78, 5) is 16.3. The summed E-state index contributed by atoms with van der Waals surface area (Å²) >= 11 is 11.8. The maximum Gasteiger partial charge on any atom is 0.275 e. The van der Waals surface area contributed by atoms with E-state index in [9.17, 15) is 4.79 Å². The van der Waals surface area contributed by atoms with Crippen LogP contribution in [-0.4, -0.2) is 17.4 Å². The van der Waals surface area contributed by atoms with Crippen molar-refractivity contribution >= 4 is 34.8 Å². The number of hydrogen-bond acceptors (Lipinski definition) is 3. The lowest BCUT2D eigenvalue weighted by molar-refractivity contribution is 0.102. The van der Waals surface area contributed by atoms with Crippen LogP contribution in [0.25, 0.3) is 0 Å². The number of amides is 1. The molecule has 0 atom stereocenters. The fourth-order valence-corrected chi connectivity index (χ4v) is 2.06. The summed E-state index contributed by atoms with van der Waals surface area (Å²) in [6.07, 6.45) is 1.52. The Kier molecular flexibility index (Phi) is 5.18. The third kappa shape index (κ3) is 3.96. The van der Waals surface area contributed by atoms with Gasteiger partial charge in [0.25, 0.3) is 5.91 Å². The van der Waals surface area contributed by atoms with E-state index < -0.39 is 5.91 Å². The molecule has 21 heavy (non-hydrogen) atoms. The van der Waals surface area contributed by atoms with Crippen molar-refractivity contribution in [1.29, 1.82) is 0 Å². The van der Waals surface area contributed by atoms with E-state index in [1.54, 1.807) is 30.3 Å². The highest BCUT2D eigenvalue weighted by atomic mass is 35.5. The number of nitrogens with one attached hydrogen (secondary N) is 1. The van der Waals surface area contributed by atoms with E-state index >= 15 is 0 Å². The third-order valence-electron chi connectivity index (χ3n) is 2.53. The molecule has 0 spiro atoms. The van der Waals surface area contributed by atoms with E-state index in [2.05, 4.69) is 22.1 Å². The van der Waals surface area contributed by atoms with Crippen molar-refractivity contribution in [3.8, 4) is 11.8 Å². The van der Waals surface area contributed by atoms with E-state index in [1.807, 2.05) is 0 Å². The lowest BCUT2D eigenvalue weighted by atomic mass is 10.2. The molecule has 1 aromatic heterocycles. The van der Waals surface area contributed by atoms with Crippen LogP contribution in [0.3, 0.4) is 0 Å². The van der Waals surface area contributed by atoms with Crippen LogP contribution in [0.4, 0.5) is 5.69 Å². The summed E-state index contributed by atoms with van der Waals surface area (Å²) in [6.45, 7) is 0.207. The third-order valence-corrected chi connectivity index (χ3v) is 3.08. The van der Waals surface area contributed by atoms with Gasteiger partial charge < -0.3 is 11.1 Å². The number of nitrogens with two attached hydrogens (primary N) is 1. The molecule has 0 aliphatic heterocycles. The minimum atomic E-state index is -0.402. The molecule has 2 rings (SSSR count). The average molecular weight is 320 g/mol. The van der Waals surface area contributed by atoms with Crippen molar-refractivity contribution < 1.29 is 4.79 Å². The van der Waals surface area contributed by atoms with Gasteiger partial charge in [0.05, 0.1) is 22.8 Å². The molecule has 0 aliphatic rings. The van der Waals surface area contributed by atoms with Gasteiger partial charge in [0, 0.05) is 11.2 Å². The highest BCUT2D eigenvalue weighted by molar-refractivity contribution is 6.36. The van der Waals surface area contributed by atoms with Crippen LogP contribution in [0.5, 0.6) is 0 Å². The monoisotopic (exact) mass is 319 g/mol. The molecular weight excluding hydrogens is 309 g/mol. The van der Waals surface area contributed by atoms with Crippen LogP contribution >= 0.6 is 23.2 Å². The van der Waals surface area contributed by atoms with Crippen molar-refractivity contribution in [3.63, 3.8) is 0 Å². The molecule has 0 saturated carbocycles. The molecule has 1 aromatic carbocycles. The summed E-state index contributed by atoms with van der Waals surface area (Å²) in [5.74, 6) is 5.11. The van der Waals surface area contributed by atoms with E-state index in [0.29, 0.717) is 21.3 Å². The molecule has 0 saturated heterocycles. The van der Waals surface area contributed by atoms with Crippen molar-refractivity contribution in [2.24, 2.45) is 5.73 Å². The Morgan fingerprint density at radius 3 is 2.86 bits per heavy atom. The molecule has 1 heterocycles. The topological polar surface area (TPSA) is 68.0 Å². The fraction of sp³-hybridized carbons (Fsp3) is 0.0667. The van der Waals surface area contributed by atoms with Gasteiger partial charge in [0.1, 0.15) is 5.69 Å². The van der Waals surface area contributed by atoms with Crippen LogP contribution in [0, 0.1) is 11.8 Å². The van der Waals surface area contributed by atoms with Gasteiger partial charge in [0.2, 0.25) is 0 Å². The maximum atomic E-state index is 12.3. The zero-order valence-electron chi connectivity index (χ0n) is 10.9. The Bertz CT molecular complexity index is 735.